The van der Waals surface area contributed by atoms with Crippen LogP contribution in [0.2, 0.25) is 0 Å². The molecule has 112 valence electrons. The van der Waals surface area contributed by atoms with Gasteiger partial charge in [-0.1, -0.05) is 6.92 Å². The molecule has 1 aliphatic rings. The summed E-state index contributed by atoms with van der Waals surface area (Å²) in [5.41, 5.74) is 5.38. The van der Waals surface area contributed by atoms with E-state index in [1.54, 1.807) is 6.92 Å². The van der Waals surface area contributed by atoms with Crippen molar-refractivity contribution in [2.24, 2.45) is 11.7 Å². The first-order valence-electron chi connectivity index (χ1n) is 6.39. The Morgan fingerprint density at radius 1 is 1.32 bits per heavy atom. The average Bonchev–Trinajstić information content (AvgIpc) is 2.38. The minimum atomic E-state index is -0.513. The van der Waals surface area contributed by atoms with Gasteiger partial charge in [0.25, 0.3) is 0 Å². The molecule has 0 aromatic rings. The molecule has 1 aliphatic heterocycles. The summed E-state index contributed by atoms with van der Waals surface area (Å²) in [6.45, 7) is 7.42. The van der Waals surface area contributed by atoms with E-state index in [-0.39, 0.29) is 6.42 Å². The Labute approximate surface area is 124 Å². The first-order valence-corrected chi connectivity index (χ1v) is 7.14. The van der Waals surface area contributed by atoms with Gasteiger partial charge in [-0.25, -0.2) is 0 Å². The van der Waals surface area contributed by atoms with E-state index >= 15 is 0 Å². The molecular formula is C12H22Cl2N2O3. The lowest BCUT2D eigenvalue weighted by atomic mass is 10.1. The van der Waals surface area contributed by atoms with E-state index in [0.29, 0.717) is 6.42 Å². The number of halogens is 2. The first kappa shape index (κ1) is 18.8. The molecule has 0 aromatic heterocycles. The molecule has 0 aliphatic carbocycles. The molecule has 1 saturated heterocycles. The van der Waals surface area contributed by atoms with E-state index in [0.717, 1.165) is 39.4 Å². The van der Waals surface area contributed by atoms with Crippen LogP contribution in [0.15, 0.2) is 0 Å². The molecule has 0 amide bonds. The van der Waals surface area contributed by atoms with Gasteiger partial charge in [0.1, 0.15) is 0 Å². The number of carbonyl (C=O) groups is 2. The number of rotatable bonds is 6. The van der Waals surface area contributed by atoms with Crippen LogP contribution in [-0.2, 0) is 14.3 Å². The lowest BCUT2D eigenvalue weighted by molar-refractivity contribution is -0.119. The van der Waals surface area contributed by atoms with Gasteiger partial charge in [0.05, 0.1) is 13.2 Å². The first-order chi connectivity index (χ1) is 9.01. The molecule has 19 heavy (non-hydrogen) atoms. The molecule has 5 nitrogen and oxygen atoms in total. The lowest BCUT2D eigenvalue weighted by Crippen LogP contribution is -2.39. The number of nitrogens with zero attached hydrogens (tertiary/aromatic N) is 1. The summed E-state index contributed by atoms with van der Waals surface area (Å²) >= 11 is 10.2. The van der Waals surface area contributed by atoms with E-state index in [2.05, 4.69) is 4.90 Å². The minimum Gasteiger partial charge on any atom is -0.379 e. The molecule has 0 aromatic carbocycles. The maximum Gasteiger partial charge on any atom is 0.225 e. The Kier molecular flexibility index (Phi) is 11.5. The number of carbonyl (C=O) groups excluding carboxylic acids is 2. The number of hydrogen-bond donors (Lipinski definition) is 1. The predicted molar refractivity (Wildman–Crippen MR) is 76.4 cm³/mol. The number of nitrogens with two attached hydrogens (primary N) is 1. The normalized spacial score (nSPS) is 17.3. The third-order valence-electron chi connectivity index (χ3n) is 2.77. The van der Waals surface area contributed by atoms with Crippen molar-refractivity contribution in [3.8, 4) is 0 Å². The molecule has 1 atom stereocenters. The summed E-state index contributed by atoms with van der Waals surface area (Å²) < 4.78 is 5.16. The fourth-order valence-electron chi connectivity index (χ4n) is 1.59. The fraction of sp³-hybridized carbons (Fsp3) is 0.833. The van der Waals surface area contributed by atoms with Crippen LogP contribution < -0.4 is 5.73 Å². The summed E-state index contributed by atoms with van der Waals surface area (Å²) in [4.78, 5) is 23.1. The molecule has 0 saturated carbocycles. The Hall–Kier alpha value is -0.200. The monoisotopic (exact) mass is 312 g/mol. The number of ether oxygens (including phenoxy) is 1. The second kappa shape index (κ2) is 11.6. The second-order valence-corrected chi connectivity index (χ2v) is 5.01. The predicted octanol–water partition coefficient (Wildman–Crippen LogP) is 1.21. The smallest absolute Gasteiger partial charge is 0.225 e. The molecule has 1 heterocycles. The van der Waals surface area contributed by atoms with Crippen LogP contribution in [0.3, 0.4) is 0 Å². The van der Waals surface area contributed by atoms with Crippen molar-refractivity contribution in [3.63, 3.8) is 0 Å². The Morgan fingerprint density at radius 2 is 1.89 bits per heavy atom. The van der Waals surface area contributed by atoms with Gasteiger partial charge >= 0.3 is 0 Å². The van der Waals surface area contributed by atoms with Crippen molar-refractivity contribution >= 4 is 33.7 Å². The summed E-state index contributed by atoms with van der Waals surface area (Å²) in [5, 5.41) is -1.00. The lowest BCUT2D eigenvalue weighted by Gasteiger charge is -2.25. The van der Waals surface area contributed by atoms with Gasteiger partial charge in [0.2, 0.25) is 10.5 Å². The average molecular weight is 313 g/mol. The Bertz CT molecular complexity index is 269. The molecule has 0 spiro atoms. The van der Waals surface area contributed by atoms with Gasteiger partial charge in [0, 0.05) is 38.5 Å². The van der Waals surface area contributed by atoms with Crippen LogP contribution in [0, 0.1) is 5.92 Å². The molecule has 1 rings (SSSR count). The summed E-state index contributed by atoms with van der Waals surface area (Å²) in [7, 11) is 0. The highest BCUT2D eigenvalue weighted by atomic mass is 35.5. The quantitative estimate of drug-likeness (QED) is 0.746. The van der Waals surface area contributed by atoms with E-state index in [9.17, 15) is 9.59 Å². The fourth-order valence-corrected chi connectivity index (χ4v) is 2.00. The highest BCUT2D eigenvalue weighted by Gasteiger charge is 2.16. The zero-order chi connectivity index (χ0) is 14.7. The van der Waals surface area contributed by atoms with Crippen molar-refractivity contribution in [2.45, 2.75) is 19.8 Å². The summed E-state index contributed by atoms with van der Waals surface area (Å²) in [5.74, 6) is -0.410. The van der Waals surface area contributed by atoms with Crippen LogP contribution in [0.25, 0.3) is 0 Å². The number of hydrogen-bond acceptors (Lipinski definition) is 5. The molecular weight excluding hydrogens is 291 g/mol. The van der Waals surface area contributed by atoms with Crippen LogP contribution in [0.5, 0.6) is 0 Å². The molecule has 0 radical (unpaired) electrons. The van der Waals surface area contributed by atoms with Gasteiger partial charge in [-0.3, -0.25) is 14.5 Å². The maximum absolute atomic E-state index is 10.5. The van der Waals surface area contributed by atoms with Crippen molar-refractivity contribution in [3.05, 3.63) is 0 Å². The van der Waals surface area contributed by atoms with Crippen molar-refractivity contribution < 1.29 is 14.3 Å². The van der Waals surface area contributed by atoms with Crippen molar-refractivity contribution in [1.82, 2.24) is 4.90 Å². The zero-order valence-corrected chi connectivity index (χ0v) is 12.8. The largest absolute Gasteiger partial charge is 0.379 e. The molecule has 0 bridgehead atoms. The third kappa shape index (κ3) is 10.3. The topological polar surface area (TPSA) is 72.6 Å². The zero-order valence-electron chi connectivity index (χ0n) is 11.2. The van der Waals surface area contributed by atoms with Crippen molar-refractivity contribution in [1.29, 1.82) is 0 Å². The molecule has 1 unspecified atom stereocenters. The summed E-state index contributed by atoms with van der Waals surface area (Å²) in [6.07, 6.45) is 0.598. The summed E-state index contributed by atoms with van der Waals surface area (Å²) in [6, 6.07) is 0. The highest BCUT2D eigenvalue weighted by molar-refractivity contribution is 6.66. The third-order valence-corrected chi connectivity index (χ3v) is 3.23. The van der Waals surface area contributed by atoms with Gasteiger partial charge < -0.3 is 10.5 Å². The molecule has 7 heteroatoms. The van der Waals surface area contributed by atoms with Crippen LogP contribution in [-0.4, -0.2) is 54.8 Å². The molecule has 2 N–H and O–H groups in total. The molecule has 1 fully saturated rings. The Morgan fingerprint density at radius 3 is 2.21 bits per heavy atom. The van der Waals surface area contributed by atoms with E-state index < -0.39 is 16.4 Å². The maximum atomic E-state index is 10.5. The highest BCUT2D eigenvalue weighted by Crippen LogP contribution is 2.13. The van der Waals surface area contributed by atoms with Crippen LogP contribution in [0.1, 0.15) is 19.8 Å². The van der Waals surface area contributed by atoms with Gasteiger partial charge in [-0.2, -0.15) is 0 Å². The van der Waals surface area contributed by atoms with E-state index in [4.69, 9.17) is 33.7 Å². The number of morpholine rings is 1. The Balaban J connectivity index is 0.000000342. The van der Waals surface area contributed by atoms with Gasteiger partial charge in [-0.15, -0.1) is 0 Å². The van der Waals surface area contributed by atoms with Crippen LogP contribution >= 0.6 is 23.2 Å². The van der Waals surface area contributed by atoms with Crippen molar-refractivity contribution in [2.75, 3.05) is 39.4 Å². The van der Waals surface area contributed by atoms with Gasteiger partial charge in [-0.05, 0) is 29.6 Å². The minimum absolute atomic E-state index is 0.0421. The van der Waals surface area contributed by atoms with Gasteiger partial charge in [0.15, 0.2) is 0 Å². The van der Waals surface area contributed by atoms with E-state index in [1.165, 1.54) is 0 Å². The SMILES string of the molecule is CCC(CC(=O)Cl)C(=O)Cl.NCCN1CCOCC1. The van der Waals surface area contributed by atoms with Crippen LogP contribution in [0.4, 0.5) is 0 Å². The second-order valence-electron chi connectivity index (χ2n) is 4.21. The standard InChI is InChI=1S/C6H8Cl2O2.C6H14N2O/c1-2-4(6(8)10)3-5(7)9;7-1-2-8-3-5-9-6-4-8/h4H,2-3H2,1H3;1-7H2. The van der Waals surface area contributed by atoms with E-state index in [1.807, 2.05) is 0 Å².